The summed E-state index contributed by atoms with van der Waals surface area (Å²) in [5.74, 6) is 0.510. The average Bonchev–Trinajstić information content (AvgIpc) is 2.62. The normalized spacial score (nSPS) is 16.4. The van der Waals surface area contributed by atoms with E-state index in [4.69, 9.17) is 0 Å². The molecule has 1 aliphatic rings. The summed E-state index contributed by atoms with van der Waals surface area (Å²) in [6.45, 7) is 4.31. The van der Waals surface area contributed by atoms with Gasteiger partial charge in [-0.1, -0.05) is 25.5 Å². The number of aldehydes is 1. The Bertz CT molecular complexity index is 364. The van der Waals surface area contributed by atoms with Crippen molar-refractivity contribution < 1.29 is 4.79 Å². The van der Waals surface area contributed by atoms with Crippen LogP contribution in [0.5, 0.6) is 0 Å². The zero-order valence-corrected chi connectivity index (χ0v) is 10.0. The second-order valence-corrected chi connectivity index (χ2v) is 4.52. The molecule has 0 aromatic carbocycles. The number of carbonyl (C=O) groups excluding carboxylic acids is 1. The third kappa shape index (κ3) is 1.77. The van der Waals surface area contributed by atoms with Gasteiger partial charge in [0, 0.05) is 5.92 Å². The van der Waals surface area contributed by atoms with E-state index in [1.807, 2.05) is 4.68 Å². The Balaban J connectivity index is 2.35. The van der Waals surface area contributed by atoms with Gasteiger partial charge in [-0.05, 0) is 25.7 Å². The van der Waals surface area contributed by atoms with Crippen LogP contribution in [0.2, 0.25) is 0 Å². The van der Waals surface area contributed by atoms with Gasteiger partial charge in [-0.25, -0.2) is 4.68 Å². The van der Waals surface area contributed by atoms with E-state index >= 15 is 0 Å². The molecule has 0 atom stereocenters. The van der Waals surface area contributed by atoms with Crippen LogP contribution in [0.1, 0.15) is 74.1 Å². The van der Waals surface area contributed by atoms with E-state index in [1.165, 1.54) is 19.3 Å². The zero-order valence-electron chi connectivity index (χ0n) is 10.0. The summed E-state index contributed by atoms with van der Waals surface area (Å²) in [6, 6.07) is 0.386. The van der Waals surface area contributed by atoms with Crippen LogP contribution in [0.25, 0.3) is 0 Å². The van der Waals surface area contributed by atoms with E-state index < -0.39 is 0 Å². The molecule has 1 fully saturated rings. The fourth-order valence-electron chi connectivity index (χ4n) is 2.38. The molecule has 1 saturated carbocycles. The molecule has 0 aliphatic heterocycles. The molecule has 1 heterocycles. The van der Waals surface area contributed by atoms with Crippen LogP contribution >= 0.6 is 0 Å². The van der Waals surface area contributed by atoms with Crippen molar-refractivity contribution in [1.82, 2.24) is 15.0 Å². The first kappa shape index (κ1) is 11.3. The first-order chi connectivity index (χ1) is 7.81. The van der Waals surface area contributed by atoms with E-state index in [-0.39, 0.29) is 0 Å². The first-order valence-electron chi connectivity index (χ1n) is 6.22. The average molecular weight is 221 g/mol. The highest BCUT2D eigenvalue weighted by Crippen LogP contribution is 2.38. The van der Waals surface area contributed by atoms with Crippen molar-refractivity contribution in [2.45, 2.75) is 57.9 Å². The third-order valence-electron chi connectivity index (χ3n) is 3.65. The van der Waals surface area contributed by atoms with Gasteiger partial charge in [0.25, 0.3) is 0 Å². The molecule has 0 bridgehead atoms. The summed E-state index contributed by atoms with van der Waals surface area (Å²) < 4.78 is 1.99. The van der Waals surface area contributed by atoms with Crippen molar-refractivity contribution in [3.05, 3.63) is 11.4 Å². The van der Waals surface area contributed by atoms with Crippen molar-refractivity contribution >= 4 is 6.29 Å². The lowest BCUT2D eigenvalue weighted by Gasteiger charge is -2.28. The largest absolute Gasteiger partial charge is 0.296 e. The lowest BCUT2D eigenvalue weighted by atomic mass is 9.82. The van der Waals surface area contributed by atoms with E-state index in [0.29, 0.717) is 17.7 Å². The van der Waals surface area contributed by atoms with E-state index in [0.717, 1.165) is 24.8 Å². The second-order valence-electron chi connectivity index (χ2n) is 4.52. The molecule has 4 nitrogen and oxygen atoms in total. The highest BCUT2D eigenvalue weighted by molar-refractivity contribution is 5.73. The third-order valence-corrected chi connectivity index (χ3v) is 3.65. The van der Waals surface area contributed by atoms with Crippen LogP contribution in [0.15, 0.2) is 0 Å². The van der Waals surface area contributed by atoms with Crippen molar-refractivity contribution in [2.24, 2.45) is 0 Å². The van der Waals surface area contributed by atoms with Crippen LogP contribution in [0.4, 0.5) is 0 Å². The van der Waals surface area contributed by atoms with Gasteiger partial charge in [0.2, 0.25) is 0 Å². The Morgan fingerprint density at radius 3 is 2.56 bits per heavy atom. The van der Waals surface area contributed by atoms with Crippen molar-refractivity contribution in [3.63, 3.8) is 0 Å². The molecule has 0 radical (unpaired) electrons. The van der Waals surface area contributed by atoms with E-state index in [1.54, 1.807) is 0 Å². The number of carbonyl (C=O) groups is 1. The molecule has 4 heteroatoms. The molecule has 1 aliphatic carbocycles. The summed E-state index contributed by atoms with van der Waals surface area (Å²) in [5, 5.41) is 8.17. The maximum Gasteiger partial charge on any atom is 0.172 e. The predicted octanol–water partition coefficient (Wildman–Crippen LogP) is 2.72. The Hall–Kier alpha value is -1.19. The van der Waals surface area contributed by atoms with Gasteiger partial charge in [0.05, 0.1) is 11.7 Å². The first-order valence-corrected chi connectivity index (χ1v) is 6.22. The van der Waals surface area contributed by atoms with Gasteiger partial charge in [-0.2, -0.15) is 0 Å². The van der Waals surface area contributed by atoms with Crippen LogP contribution in [0, 0.1) is 0 Å². The number of aromatic nitrogens is 3. The number of rotatable bonds is 5. The summed E-state index contributed by atoms with van der Waals surface area (Å²) in [7, 11) is 0. The van der Waals surface area contributed by atoms with Gasteiger partial charge >= 0.3 is 0 Å². The Kier molecular flexibility index (Phi) is 3.36. The Morgan fingerprint density at radius 2 is 2.12 bits per heavy atom. The van der Waals surface area contributed by atoms with Crippen LogP contribution in [-0.2, 0) is 0 Å². The molecule has 0 saturated heterocycles. The molecular weight excluding hydrogens is 202 g/mol. The predicted molar refractivity (Wildman–Crippen MR) is 61.6 cm³/mol. The monoisotopic (exact) mass is 221 g/mol. The number of hydrogen-bond donors (Lipinski definition) is 0. The van der Waals surface area contributed by atoms with Gasteiger partial charge < -0.3 is 0 Å². The van der Waals surface area contributed by atoms with Crippen LogP contribution in [0.3, 0.4) is 0 Å². The molecule has 2 rings (SSSR count). The van der Waals surface area contributed by atoms with E-state index in [9.17, 15) is 4.79 Å². The van der Waals surface area contributed by atoms with Gasteiger partial charge in [-0.3, -0.25) is 4.79 Å². The fourth-order valence-corrected chi connectivity index (χ4v) is 2.38. The molecule has 88 valence electrons. The minimum atomic E-state index is 0.386. The van der Waals surface area contributed by atoms with Crippen molar-refractivity contribution in [1.29, 1.82) is 0 Å². The highest BCUT2D eigenvalue weighted by atomic mass is 16.1. The smallest absolute Gasteiger partial charge is 0.172 e. The quantitative estimate of drug-likeness (QED) is 0.718. The standard InChI is InChI=1S/C12H19N3O/c1-3-10(4-2)15-12(9-6-5-7-9)11(8-16)13-14-15/h8-10H,3-7H2,1-2H3. The Morgan fingerprint density at radius 1 is 1.44 bits per heavy atom. The van der Waals surface area contributed by atoms with Gasteiger partial charge in [-0.15, -0.1) is 5.10 Å². The molecule has 16 heavy (non-hydrogen) atoms. The summed E-state index contributed by atoms with van der Waals surface area (Å²) >= 11 is 0. The lowest BCUT2D eigenvalue weighted by molar-refractivity contribution is 0.111. The molecule has 1 aromatic rings. The zero-order chi connectivity index (χ0) is 11.5. The molecular formula is C12H19N3O. The maximum absolute atomic E-state index is 11.0. The van der Waals surface area contributed by atoms with Crippen molar-refractivity contribution in [3.8, 4) is 0 Å². The maximum atomic E-state index is 11.0. The number of nitrogens with zero attached hydrogens (tertiary/aromatic N) is 3. The Labute approximate surface area is 96.0 Å². The minimum Gasteiger partial charge on any atom is -0.296 e. The second kappa shape index (κ2) is 4.76. The molecule has 0 spiro atoms. The molecule has 1 aromatic heterocycles. The lowest BCUT2D eigenvalue weighted by Crippen LogP contribution is -2.19. The van der Waals surface area contributed by atoms with Gasteiger partial charge in [0.1, 0.15) is 5.69 Å². The van der Waals surface area contributed by atoms with E-state index in [2.05, 4.69) is 24.2 Å². The van der Waals surface area contributed by atoms with Crippen molar-refractivity contribution in [2.75, 3.05) is 0 Å². The molecule has 0 amide bonds. The molecule has 0 unspecified atom stereocenters. The number of hydrogen-bond acceptors (Lipinski definition) is 3. The summed E-state index contributed by atoms with van der Waals surface area (Å²) in [6.07, 6.45) is 6.54. The molecule has 0 N–H and O–H groups in total. The topological polar surface area (TPSA) is 47.8 Å². The SMILES string of the molecule is CCC(CC)n1nnc(C=O)c1C1CCC1. The highest BCUT2D eigenvalue weighted by Gasteiger charge is 2.29. The fraction of sp³-hybridized carbons (Fsp3) is 0.750. The summed E-state index contributed by atoms with van der Waals surface area (Å²) in [5.41, 5.74) is 1.63. The minimum absolute atomic E-state index is 0.386. The van der Waals surface area contributed by atoms with Crippen LogP contribution < -0.4 is 0 Å². The summed E-state index contributed by atoms with van der Waals surface area (Å²) in [4.78, 5) is 11.0. The van der Waals surface area contributed by atoms with Gasteiger partial charge in [0.15, 0.2) is 6.29 Å². The van der Waals surface area contributed by atoms with Crippen LogP contribution in [-0.4, -0.2) is 21.3 Å².